The van der Waals surface area contributed by atoms with Crippen LogP contribution in [-0.4, -0.2) is 79.0 Å². The first kappa shape index (κ1) is 39.5. The third-order valence-electron chi connectivity index (χ3n) is 5.18. The molecular weight excluding hydrogens is 741 g/mol. The van der Waals surface area contributed by atoms with Gasteiger partial charge in [0.05, 0.1) is 0 Å². The molecule has 0 aromatic heterocycles. The first-order chi connectivity index (χ1) is 17.9. The molecule has 0 spiro atoms. The van der Waals surface area contributed by atoms with Crippen LogP contribution >= 0.6 is 0 Å². The van der Waals surface area contributed by atoms with E-state index in [0.717, 1.165) is 0 Å². The van der Waals surface area contributed by atoms with Gasteiger partial charge in [-0.3, -0.25) is 0 Å². The van der Waals surface area contributed by atoms with Crippen molar-refractivity contribution in [3.63, 3.8) is 0 Å². The van der Waals surface area contributed by atoms with Gasteiger partial charge in [-0.15, -0.1) is 0 Å². The summed E-state index contributed by atoms with van der Waals surface area (Å²) in [5, 5.41) is 0. The maximum absolute atomic E-state index is 14.0. The zero-order valence-corrected chi connectivity index (χ0v) is 23.0. The van der Waals surface area contributed by atoms with Gasteiger partial charge in [0.1, 0.15) is 0 Å². The molecule has 0 unspecified atom stereocenters. The van der Waals surface area contributed by atoms with Gasteiger partial charge in [-0.1, -0.05) is 0 Å². The number of carbonyl (C=O) groups excluding carboxylic acids is 2. The van der Waals surface area contributed by atoms with Gasteiger partial charge in [0, 0.05) is 0 Å². The van der Waals surface area contributed by atoms with Crippen LogP contribution in [-0.2, 0) is 15.7 Å². The van der Waals surface area contributed by atoms with E-state index in [-0.39, 0.29) is 12.8 Å². The number of unbranched alkanes of at least 4 members (excludes halogenated alkanes) is 2. The number of hydrogen-bond donors (Lipinski definition) is 0. The van der Waals surface area contributed by atoms with Gasteiger partial charge in [-0.2, -0.15) is 0 Å². The molecule has 0 saturated carbocycles. The summed E-state index contributed by atoms with van der Waals surface area (Å²) in [5.74, 6) is -53.1. The Morgan fingerprint density at radius 3 is 0.927 bits per heavy atom. The van der Waals surface area contributed by atoms with Crippen LogP contribution in [0.25, 0.3) is 0 Å². The summed E-state index contributed by atoms with van der Waals surface area (Å²) >= 11 is -6.93. The Labute approximate surface area is 222 Å². The summed E-state index contributed by atoms with van der Waals surface area (Å²) in [6, 6.07) is 0. The van der Waals surface area contributed by atoms with Crippen molar-refractivity contribution in [1.29, 1.82) is 0 Å². The van der Waals surface area contributed by atoms with Crippen LogP contribution in [0.4, 0.5) is 79.0 Å². The SMILES string of the molecule is CCC[CH2][Sn]([CH2]CCC)([O]C(=O)C(F)(F)C(F)(F)C(F)(F)C(F)(F)F)[O]C(=O)C(F)(F)C(F)(F)C(F)(F)C(F)(F)F. The average Bonchev–Trinajstić information content (AvgIpc) is 2.79. The predicted molar refractivity (Wildman–Crippen MR) is 99.2 cm³/mol. The minimum absolute atomic E-state index is 0.239. The van der Waals surface area contributed by atoms with E-state index in [0.29, 0.717) is 0 Å². The minimum atomic E-state index is -7.67. The van der Waals surface area contributed by atoms with E-state index in [2.05, 4.69) is 6.15 Å². The van der Waals surface area contributed by atoms with Crippen molar-refractivity contribution in [1.82, 2.24) is 0 Å². The van der Waals surface area contributed by atoms with Crippen molar-refractivity contribution >= 4 is 31.1 Å². The second-order valence-electron chi connectivity index (χ2n) is 8.34. The van der Waals surface area contributed by atoms with Crippen molar-refractivity contribution in [3.05, 3.63) is 0 Å². The zero-order valence-electron chi connectivity index (χ0n) is 20.2. The number of halogens is 18. The molecule has 0 atom stereocenters. The third kappa shape index (κ3) is 7.17. The van der Waals surface area contributed by atoms with Gasteiger partial charge in [0.15, 0.2) is 0 Å². The molecular formula is C18H18F18O4Sn. The summed E-state index contributed by atoms with van der Waals surface area (Å²) in [6.45, 7) is 2.33. The molecule has 0 aromatic rings. The standard InChI is InChI=1S/2C5HF9O2.2C4H9.Sn/c2*6-2(7,1(15)16)3(8,9)4(10,11)5(12,13)14;2*1-3-4-2;/h2*(H,15,16);2*1,3-4H2,2H3;/q;;;;+2/p-2. The molecule has 0 aromatic carbocycles. The Bertz CT molecular complexity index is 854. The first-order valence-corrected chi connectivity index (χ1v) is 17.1. The second-order valence-corrected chi connectivity index (χ2v) is 17.6. The number of hydrogen-bond acceptors (Lipinski definition) is 4. The molecule has 0 saturated heterocycles. The fraction of sp³-hybridized carbons (Fsp3) is 0.889. The Morgan fingerprint density at radius 1 is 0.488 bits per heavy atom. The van der Waals surface area contributed by atoms with Crippen LogP contribution in [0.15, 0.2) is 0 Å². The van der Waals surface area contributed by atoms with Crippen LogP contribution < -0.4 is 0 Å². The maximum atomic E-state index is 14.0. The summed E-state index contributed by atoms with van der Waals surface area (Å²) in [4.78, 5) is 23.7. The van der Waals surface area contributed by atoms with Crippen LogP contribution in [0.2, 0.25) is 8.87 Å². The van der Waals surface area contributed by atoms with Crippen LogP contribution in [0.3, 0.4) is 0 Å². The molecule has 0 fully saturated rings. The summed E-state index contributed by atoms with van der Waals surface area (Å²) in [5.41, 5.74) is 0. The second kappa shape index (κ2) is 12.2. The van der Waals surface area contributed by atoms with Gasteiger partial charge >= 0.3 is 222 Å². The van der Waals surface area contributed by atoms with Crippen molar-refractivity contribution < 1.29 is 94.8 Å². The topological polar surface area (TPSA) is 52.6 Å². The average molecular weight is 759 g/mol. The van der Waals surface area contributed by atoms with Crippen molar-refractivity contribution in [3.8, 4) is 0 Å². The molecule has 41 heavy (non-hydrogen) atoms. The Morgan fingerprint density at radius 2 is 0.732 bits per heavy atom. The monoisotopic (exact) mass is 760 g/mol. The molecule has 0 bridgehead atoms. The molecule has 244 valence electrons. The third-order valence-corrected chi connectivity index (χ3v) is 14.7. The van der Waals surface area contributed by atoms with E-state index >= 15 is 0 Å². The quantitative estimate of drug-likeness (QED) is 0.133. The molecule has 0 aliphatic carbocycles. The zero-order chi connectivity index (χ0) is 33.3. The number of alkyl halides is 18. The normalized spacial score (nSPS) is 15.1. The molecule has 0 radical (unpaired) electrons. The molecule has 4 nitrogen and oxygen atoms in total. The molecule has 0 heterocycles. The van der Waals surface area contributed by atoms with E-state index in [1.165, 1.54) is 13.8 Å². The van der Waals surface area contributed by atoms with E-state index in [4.69, 9.17) is 0 Å². The summed E-state index contributed by atoms with van der Waals surface area (Å²) in [7, 11) is 0. The molecule has 0 rings (SSSR count). The summed E-state index contributed by atoms with van der Waals surface area (Å²) < 4.78 is 242. The molecule has 0 N–H and O–H groups in total. The number of rotatable bonds is 14. The van der Waals surface area contributed by atoms with E-state index in [1.807, 2.05) is 0 Å². The van der Waals surface area contributed by atoms with Crippen LogP contribution in [0.1, 0.15) is 39.5 Å². The Kier molecular flexibility index (Phi) is 11.8. The van der Waals surface area contributed by atoms with E-state index in [9.17, 15) is 88.6 Å². The van der Waals surface area contributed by atoms with E-state index in [1.54, 1.807) is 0 Å². The predicted octanol–water partition coefficient (Wildman–Crippen LogP) is 8.05. The van der Waals surface area contributed by atoms with Gasteiger partial charge in [0.25, 0.3) is 0 Å². The van der Waals surface area contributed by atoms with Crippen molar-refractivity contribution in [2.45, 2.75) is 96.3 Å². The summed E-state index contributed by atoms with van der Waals surface area (Å²) in [6.07, 6.45) is -16.6. The van der Waals surface area contributed by atoms with Crippen LogP contribution in [0.5, 0.6) is 0 Å². The van der Waals surface area contributed by atoms with Gasteiger partial charge in [0.2, 0.25) is 0 Å². The van der Waals surface area contributed by atoms with Gasteiger partial charge in [-0.25, -0.2) is 0 Å². The molecule has 0 aliphatic heterocycles. The molecule has 0 amide bonds. The molecule has 0 aliphatic rings. The van der Waals surface area contributed by atoms with Gasteiger partial charge < -0.3 is 0 Å². The Balaban J connectivity index is 6.86. The first-order valence-electron chi connectivity index (χ1n) is 10.7. The van der Waals surface area contributed by atoms with Gasteiger partial charge in [-0.05, 0) is 0 Å². The Hall–Kier alpha value is -1.52. The van der Waals surface area contributed by atoms with E-state index < -0.39 is 101 Å². The fourth-order valence-corrected chi connectivity index (χ4v) is 12.5. The van der Waals surface area contributed by atoms with Crippen LogP contribution in [0, 0.1) is 0 Å². The van der Waals surface area contributed by atoms with Crippen molar-refractivity contribution in [2.24, 2.45) is 0 Å². The fourth-order valence-electron chi connectivity index (χ4n) is 2.71. The van der Waals surface area contributed by atoms with Crippen molar-refractivity contribution in [2.75, 3.05) is 0 Å². The number of carbonyl (C=O) groups is 2. The molecule has 23 heteroatoms.